The maximum absolute atomic E-state index is 5.06. The standard InChI is InChI=1S/C48H34N2S/c1-3-16-32(2)42-30-36(31-43(49-42)34-19-8-5-9-20-34)35-21-14-22-37(29-35)50-47-38(33-17-6-4-7-18-33)25-15-26-41(47)46-39-23-10-12-27-44(39)51-45-28-13-11-24-40(45)48(46)50/h3-31H,2H2,1H3/b16-3-. The van der Waals surface area contributed by atoms with Crippen LogP contribution in [0.5, 0.6) is 0 Å². The molecule has 1 aliphatic heterocycles. The minimum absolute atomic E-state index is 0.865. The van der Waals surface area contributed by atoms with Crippen molar-refractivity contribution >= 4 is 28.2 Å². The SMILES string of the molecule is C=C(/C=C\C)c1cc(-c2cccc(-n3c4c(c5cccc(-c6ccccc6)c53)-c3ccccc3Sc3ccccc3-4)c2)cc(-c2ccccc2)n1. The monoisotopic (exact) mass is 670 g/mol. The number of fused-ring (bicyclic) bond motifs is 7. The van der Waals surface area contributed by atoms with Crippen LogP contribution in [0.1, 0.15) is 12.6 Å². The predicted octanol–water partition coefficient (Wildman–Crippen LogP) is 13.4. The first-order chi connectivity index (χ1) is 25.2. The zero-order valence-corrected chi connectivity index (χ0v) is 29.1. The molecule has 0 spiro atoms. The molecule has 0 amide bonds. The first-order valence-corrected chi connectivity index (χ1v) is 18.1. The molecule has 8 aromatic rings. The van der Waals surface area contributed by atoms with Crippen molar-refractivity contribution in [2.24, 2.45) is 0 Å². The van der Waals surface area contributed by atoms with E-state index in [1.54, 1.807) is 0 Å². The molecule has 0 atom stereocenters. The summed E-state index contributed by atoms with van der Waals surface area (Å²) < 4.78 is 2.51. The number of allylic oxidation sites excluding steroid dienone is 3. The Morgan fingerprint density at radius 1 is 0.588 bits per heavy atom. The quantitative estimate of drug-likeness (QED) is 0.164. The van der Waals surface area contributed by atoms with Gasteiger partial charge in [-0.1, -0.05) is 158 Å². The van der Waals surface area contributed by atoms with E-state index in [1.807, 2.05) is 36.9 Å². The summed E-state index contributed by atoms with van der Waals surface area (Å²) in [6.45, 7) is 6.37. The van der Waals surface area contributed by atoms with Gasteiger partial charge in [-0.05, 0) is 71.1 Å². The third-order valence-corrected chi connectivity index (χ3v) is 10.8. The van der Waals surface area contributed by atoms with Crippen LogP contribution in [0.3, 0.4) is 0 Å². The van der Waals surface area contributed by atoms with Gasteiger partial charge in [-0.25, -0.2) is 4.98 Å². The fraction of sp³-hybridized carbons (Fsp3) is 0.0208. The number of aromatic nitrogens is 2. The molecule has 0 unspecified atom stereocenters. The van der Waals surface area contributed by atoms with E-state index in [9.17, 15) is 0 Å². The van der Waals surface area contributed by atoms with Crippen LogP contribution in [-0.2, 0) is 0 Å². The molecule has 1 aliphatic rings. The third-order valence-electron chi connectivity index (χ3n) is 9.62. The Kier molecular flexibility index (Phi) is 7.83. The van der Waals surface area contributed by atoms with E-state index in [4.69, 9.17) is 4.98 Å². The summed E-state index contributed by atoms with van der Waals surface area (Å²) in [5.74, 6) is 0. The zero-order chi connectivity index (χ0) is 34.3. The highest BCUT2D eigenvalue weighted by Crippen LogP contribution is 2.53. The number of rotatable bonds is 6. The lowest BCUT2D eigenvalue weighted by Gasteiger charge is -2.17. The van der Waals surface area contributed by atoms with E-state index >= 15 is 0 Å². The lowest BCUT2D eigenvalue weighted by Crippen LogP contribution is -2.00. The lowest BCUT2D eigenvalue weighted by molar-refractivity contribution is 1.13. The van der Waals surface area contributed by atoms with Gasteiger partial charge in [0, 0.05) is 43.1 Å². The molecular formula is C48H34N2S. The Balaban J connectivity index is 1.36. The Labute approximate surface area is 303 Å². The van der Waals surface area contributed by atoms with Crippen molar-refractivity contribution in [1.82, 2.24) is 9.55 Å². The van der Waals surface area contributed by atoms with Gasteiger partial charge in [0.1, 0.15) is 0 Å². The van der Waals surface area contributed by atoms with Crippen LogP contribution in [0.2, 0.25) is 0 Å². The fourth-order valence-corrected chi connectivity index (χ4v) is 8.42. The van der Waals surface area contributed by atoms with Crippen LogP contribution in [0.15, 0.2) is 192 Å². The minimum atomic E-state index is 0.865. The van der Waals surface area contributed by atoms with E-state index in [-0.39, 0.29) is 0 Å². The van der Waals surface area contributed by atoms with Crippen LogP contribution >= 0.6 is 11.8 Å². The molecule has 0 fully saturated rings. The number of hydrogen-bond acceptors (Lipinski definition) is 2. The average Bonchev–Trinajstić information content (AvgIpc) is 3.46. The van der Waals surface area contributed by atoms with Crippen molar-refractivity contribution in [2.45, 2.75) is 16.7 Å². The average molecular weight is 671 g/mol. The second-order valence-electron chi connectivity index (χ2n) is 12.8. The van der Waals surface area contributed by atoms with Crippen molar-refractivity contribution in [3.05, 3.63) is 188 Å². The van der Waals surface area contributed by atoms with Crippen LogP contribution in [0, 0.1) is 0 Å². The Morgan fingerprint density at radius 3 is 1.98 bits per heavy atom. The van der Waals surface area contributed by atoms with Gasteiger partial charge in [-0.3, -0.25) is 0 Å². The van der Waals surface area contributed by atoms with Crippen molar-refractivity contribution < 1.29 is 0 Å². The van der Waals surface area contributed by atoms with Gasteiger partial charge in [0.15, 0.2) is 0 Å². The zero-order valence-electron chi connectivity index (χ0n) is 28.3. The van der Waals surface area contributed by atoms with E-state index < -0.39 is 0 Å². The minimum Gasteiger partial charge on any atom is -0.308 e. The maximum atomic E-state index is 5.06. The van der Waals surface area contributed by atoms with Gasteiger partial charge in [-0.2, -0.15) is 0 Å². The molecule has 242 valence electrons. The third kappa shape index (κ3) is 5.43. The molecule has 6 aromatic carbocycles. The highest BCUT2D eigenvalue weighted by molar-refractivity contribution is 7.99. The molecule has 2 aromatic heterocycles. The van der Waals surface area contributed by atoms with Crippen molar-refractivity contribution in [3.63, 3.8) is 0 Å². The van der Waals surface area contributed by atoms with Gasteiger partial charge in [0.25, 0.3) is 0 Å². The molecule has 2 nitrogen and oxygen atoms in total. The Bertz CT molecular complexity index is 2630. The summed E-state index contributed by atoms with van der Waals surface area (Å²) >= 11 is 1.85. The van der Waals surface area contributed by atoms with E-state index in [2.05, 4.69) is 169 Å². The summed E-state index contributed by atoms with van der Waals surface area (Å²) in [5.41, 5.74) is 15.6. The van der Waals surface area contributed by atoms with Gasteiger partial charge in [-0.15, -0.1) is 0 Å². The summed E-state index contributed by atoms with van der Waals surface area (Å²) in [7, 11) is 0. The Morgan fingerprint density at radius 2 is 1.22 bits per heavy atom. The molecule has 0 saturated heterocycles. The van der Waals surface area contributed by atoms with Crippen molar-refractivity contribution in [3.8, 4) is 61.6 Å². The first kappa shape index (κ1) is 30.9. The largest absolute Gasteiger partial charge is 0.308 e. The Hall–Kier alpha value is -6.16. The molecule has 0 bridgehead atoms. The van der Waals surface area contributed by atoms with Gasteiger partial charge >= 0.3 is 0 Å². The number of para-hydroxylation sites is 1. The first-order valence-electron chi connectivity index (χ1n) is 17.3. The summed E-state index contributed by atoms with van der Waals surface area (Å²) in [4.78, 5) is 7.58. The molecule has 0 aliphatic carbocycles. The van der Waals surface area contributed by atoms with Gasteiger partial charge in [0.05, 0.1) is 22.6 Å². The number of pyridine rings is 1. The van der Waals surface area contributed by atoms with Crippen molar-refractivity contribution in [1.29, 1.82) is 0 Å². The predicted molar refractivity (Wildman–Crippen MR) is 216 cm³/mol. The normalized spacial score (nSPS) is 11.9. The molecule has 0 radical (unpaired) electrons. The number of hydrogen-bond donors (Lipinski definition) is 0. The highest BCUT2D eigenvalue weighted by atomic mass is 32.2. The molecular weight excluding hydrogens is 637 g/mol. The summed E-state index contributed by atoms with van der Waals surface area (Å²) in [6, 6.07) is 59.0. The van der Waals surface area contributed by atoms with Crippen LogP contribution in [-0.4, -0.2) is 9.55 Å². The van der Waals surface area contributed by atoms with E-state index in [0.29, 0.717) is 0 Å². The second-order valence-corrected chi connectivity index (χ2v) is 13.9. The molecule has 9 rings (SSSR count). The van der Waals surface area contributed by atoms with Crippen LogP contribution in [0.25, 0.3) is 78.1 Å². The maximum Gasteiger partial charge on any atom is 0.0715 e. The molecule has 0 saturated carbocycles. The van der Waals surface area contributed by atoms with E-state index in [0.717, 1.165) is 39.3 Å². The molecule has 3 heteroatoms. The fourth-order valence-electron chi connectivity index (χ4n) is 7.34. The summed E-state index contributed by atoms with van der Waals surface area (Å²) in [6.07, 6.45) is 4.04. The number of benzene rings is 6. The topological polar surface area (TPSA) is 17.8 Å². The second kappa shape index (κ2) is 12.9. The molecule has 51 heavy (non-hydrogen) atoms. The molecule has 3 heterocycles. The van der Waals surface area contributed by atoms with Gasteiger partial charge < -0.3 is 4.57 Å². The smallest absolute Gasteiger partial charge is 0.0715 e. The van der Waals surface area contributed by atoms with Crippen LogP contribution < -0.4 is 0 Å². The molecule has 0 N–H and O–H groups in total. The van der Waals surface area contributed by atoms with E-state index in [1.165, 1.54) is 54.2 Å². The summed E-state index contributed by atoms with van der Waals surface area (Å²) in [5, 5.41) is 1.24. The van der Waals surface area contributed by atoms with Gasteiger partial charge in [0.2, 0.25) is 0 Å². The van der Waals surface area contributed by atoms with Crippen LogP contribution in [0.4, 0.5) is 0 Å². The van der Waals surface area contributed by atoms with Crippen molar-refractivity contribution in [2.75, 3.05) is 0 Å². The number of nitrogens with zero attached hydrogens (tertiary/aromatic N) is 2. The lowest BCUT2D eigenvalue weighted by atomic mass is 9.96. The highest BCUT2D eigenvalue weighted by Gasteiger charge is 2.29.